The minimum atomic E-state index is -4.32. The van der Waals surface area contributed by atoms with Gasteiger partial charge in [-0.15, -0.1) is 0 Å². The van der Waals surface area contributed by atoms with Crippen molar-refractivity contribution in [2.24, 2.45) is 0 Å². The molecule has 22 heavy (non-hydrogen) atoms. The minimum absolute atomic E-state index is 0.643. The van der Waals surface area contributed by atoms with Crippen LogP contribution in [-0.2, 0) is 6.18 Å². The zero-order valence-corrected chi connectivity index (χ0v) is 12.4. The van der Waals surface area contributed by atoms with Crippen LogP contribution in [0, 0.1) is 0 Å². The van der Waals surface area contributed by atoms with Crippen LogP contribution in [0.2, 0.25) is 0 Å². The van der Waals surface area contributed by atoms with Gasteiger partial charge in [-0.05, 0) is 55.4 Å². The van der Waals surface area contributed by atoms with Gasteiger partial charge in [-0.2, -0.15) is 13.2 Å². The van der Waals surface area contributed by atoms with Crippen molar-refractivity contribution >= 4 is 23.0 Å². The molecule has 2 aromatic heterocycles. The number of halogens is 3. The number of pyridine rings is 1. The van der Waals surface area contributed by atoms with Gasteiger partial charge < -0.3 is 4.57 Å². The molecule has 0 atom stereocenters. The fraction of sp³-hybridized carbons (Fsp3) is 0.133. The highest BCUT2D eigenvalue weighted by Gasteiger charge is 2.30. The summed E-state index contributed by atoms with van der Waals surface area (Å²) in [4.78, 5) is 5.36. The molecule has 0 bridgehead atoms. The molecule has 0 amide bonds. The maximum Gasteiger partial charge on any atom is 0.416 e. The molecule has 0 saturated carbocycles. The number of alkyl halides is 3. The Kier molecular flexibility index (Phi) is 3.84. The van der Waals surface area contributed by atoms with Crippen LogP contribution in [-0.4, -0.2) is 16.6 Å². The summed E-state index contributed by atoms with van der Waals surface area (Å²) in [6, 6.07) is 8.91. The first-order valence-electron chi connectivity index (χ1n) is 6.47. The SMILES string of the molecule is CNSc1cnc2c(ccn2-c2ccc(C(F)(F)F)cc2)c1. The van der Waals surface area contributed by atoms with Crippen molar-refractivity contribution in [2.45, 2.75) is 11.1 Å². The number of fused-ring (bicyclic) bond motifs is 1. The summed E-state index contributed by atoms with van der Waals surface area (Å²) < 4.78 is 42.6. The van der Waals surface area contributed by atoms with E-state index in [-0.39, 0.29) is 0 Å². The van der Waals surface area contributed by atoms with Crippen LogP contribution in [0.15, 0.2) is 53.7 Å². The number of benzene rings is 1. The van der Waals surface area contributed by atoms with Gasteiger partial charge in [-0.3, -0.25) is 4.72 Å². The van der Waals surface area contributed by atoms with E-state index in [4.69, 9.17) is 0 Å². The van der Waals surface area contributed by atoms with Crippen LogP contribution in [0.3, 0.4) is 0 Å². The molecule has 1 aromatic carbocycles. The Labute approximate surface area is 129 Å². The molecule has 0 fully saturated rings. The molecule has 114 valence electrons. The lowest BCUT2D eigenvalue weighted by molar-refractivity contribution is -0.137. The average Bonchev–Trinajstić information content (AvgIpc) is 2.90. The number of nitrogens with zero attached hydrogens (tertiary/aromatic N) is 2. The normalized spacial score (nSPS) is 12.0. The largest absolute Gasteiger partial charge is 0.416 e. The predicted octanol–water partition coefficient (Wildman–Crippen LogP) is 4.27. The Balaban J connectivity index is 2.00. The van der Waals surface area contributed by atoms with E-state index in [0.29, 0.717) is 11.3 Å². The van der Waals surface area contributed by atoms with Crippen LogP contribution in [0.4, 0.5) is 13.2 Å². The molecule has 1 N–H and O–H groups in total. The Morgan fingerprint density at radius 2 is 1.86 bits per heavy atom. The summed E-state index contributed by atoms with van der Waals surface area (Å²) in [5, 5.41) is 0.931. The van der Waals surface area contributed by atoms with Crippen molar-refractivity contribution < 1.29 is 13.2 Å². The summed E-state index contributed by atoms with van der Waals surface area (Å²) in [5.41, 5.74) is 0.693. The van der Waals surface area contributed by atoms with Crippen LogP contribution in [0.25, 0.3) is 16.7 Å². The average molecular weight is 323 g/mol. The second-order valence-corrected chi connectivity index (χ2v) is 5.70. The minimum Gasteiger partial charge on any atom is -0.301 e. The van der Waals surface area contributed by atoms with Crippen LogP contribution in [0.1, 0.15) is 5.56 Å². The fourth-order valence-corrected chi connectivity index (χ4v) is 2.72. The summed E-state index contributed by atoms with van der Waals surface area (Å²) in [6.45, 7) is 0. The highest BCUT2D eigenvalue weighted by atomic mass is 32.2. The molecule has 0 radical (unpaired) electrons. The molecule has 2 heterocycles. The molecule has 0 saturated heterocycles. The number of nitrogens with one attached hydrogen (secondary N) is 1. The van der Waals surface area contributed by atoms with Gasteiger partial charge in [0, 0.05) is 28.4 Å². The zero-order valence-electron chi connectivity index (χ0n) is 11.6. The van der Waals surface area contributed by atoms with Crippen molar-refractivity contribution in [1.82, 2.24) is 14.3 Å². The van der Waals surface area contributed by atoms with Gasteiger partial charge in [-0.25, -0.2) is 4.98 Å². The first-order valence-corrected chi connectivity index (χ1v) is 7.29. The second kappa shape index (κ2) is 5.66. The van der Waals surface area contributed by atoms with E-state index in [9.17, 15) is 13.2 Å². The quantitative estimate of drug-likeness (QED) is 0.730. The third-order valence-corrected chi connectivity index (χ3v) is 3.86. The first kappa shape index (κ1) is 14.9. The second-order valence-electron chi connectivity index (χ2n) is 4.62. The number of rotatable bonds is 3. The molecule has 0 unspecified atom stereocenters. The lowest BCUT2D eigenvalue weighted by atomic mass is 10.2. The van der Waals surface area contributed by atoms with Crippen molar-refractivity contribution in [2.75, 3.05) is 7.05 Å². The molecule has 0 aliphatic carbocycles. The van der Waals surface area contributed by atoms with E-state index >= 15 is 0 Å². The Morgan fingerprint density at radius 3 is 2.50 bits per heavy atom. The first-order chi connectivity index (χ1) is 10.5. The molecule has 7 heteroatoms. The van der Waals surface area contributed by atoms with Gasteiger partial charge in [-0.1, -0.05) is 0 Å². The Hall–Kier alpha value is -1.99. The fourth-order valence-electron chi connectivity index (χ4n) is 2.20. The lowest BCUT2D eigenvalue weighted by Gasteiger charge is -2.09. The maximum absolute atomic E-state index is 12.6. The van der Waals surface area contributed by atoms with E-state index in [0.717, 1.165) is 22.4 Å². The van der Waals surface area contributed by atoms with Crippen LogP contribution in [0.5, 0.6) is 0 Å². The number of hydrogen-bond acceptors (Lipinski definition) is 3. The molecule has 3 rings (SSSR count). The third kappa shape index (κ3) is 2.82. The molecule has 0 spiro atoms. The van der Waals surface area contributed by atoms with E-state index in [1.807, 2.05) is 19.2 Å². The van der Waals surface area contributed by atoms with E-state index < -0.39 is 11.7 Å². The molecule has 0 aliphatic heterocycles. The highest BCUT2D eigenvalue weighted by molar-refractivity contribution is 7.97. The standard InChI is InChI=1S/C15H12F3N3S/c1-19-22-13-8-10-6-7-21(14(10)20-9-13)12-4-2-11(3-5-12)15(16,17)18/h2-9,19H,1H3. The lowest BCUT2D eigenvalue weighted by Crippen LogP contribution is -2.05. The van der Waals surface area contributed by atoms with Gasteiger partial charge in [0.05, 0.1) is 5.56 Å². The summed E-state index contributed by atoms with van der Waals surface area (Å²) in [5.74, 6) is 0. The molecule has 3 nitrogen and oxygen atoms in total. The predicted molar refractivity (Wildman–Crippen MR) is 81.0 cm³/mol. The summed E-state index contributed by atoms with van der Waals surface area (Å²) in [7, 11) is 1.82. The molecular formula is C15H12F3N3S. The van der Waals surface area contributed by atoms with Gasteiger partial charge in [0.25, 0.3) is 0 Å². The maximum atomic E-state index is 12.6. The van der Waals surface area contributed by atoms with Gasteiger partial charge >= 0.3 is 6.18 Å². The molecule has 0 aliphatic rings. The molecule has 3 aromatic rings. The highest BCUT2D eigenvalue weighted by Crippen LogP contribution is 2.30. The molecular weight excluding hydrogens is 311 g/mol. The smallest absolute Gasteiger partial charge is 0.301 e. The van der Waals surface area contributed by atoms with Crippen molar-refractivity contribution in [3.05, 3.63) is 54.4 Å². The van der Waals surface area contributed by atoms with E-state index in [1.165, 1.54) is 24.1 Å². The topological polar surface area (TPSA) is 29.9 Å². The number of aromatic nitrogens is 2. The van der Waals surface area contributed by atoms with E-state index in [2.05, 4.69) is 9.71 Å². The van der Waals surface area contributed by atoms with Crippen molar-refractivity contribution in [1.29, 1.82) is 0 Å². The summed E-state index contributed by atoms with van der Waals surface area (Å²) >= 11 is 1.45. The van der Waals surface area contributed by atoms with Crippen molar-refractivity contribution in [3.63, 3.8) is 0 Å². The third-order valence-electron chi connectivity index (χ3n) is 3.19. The monoisotopic (exact) mass is 323 g/mol. The van der Waals surface area contributed by atoms with Crippen molar-refractivity contribution in [3.8, 4) is 5.69 Å². The Bertz CT molecular complexity index is 794. The van der Waals surface area contributed by atoms with Gasteiger partial charge in [0.1, 0.15) is 5.65 Å². The van der Waals surface area contributed by atoms with Crippen LogP contribution < -0.4 is 4.72 Å². The zero-order chi connectivity index (χ0) is 15.7. The summed E-state index contributed by atoms with van der Waals surface area (Å²) in [6.07, 6.45) is -0.799. The van der Waals surface area contributed by atoms with Gasteiger partial charge in [0.15, 0.2) is 0 Å². The number of hydrogen-bond donors (Lipinski definition) is 1. The van der Waals surface area contributed by atoms with Gasteiger partial charge in [0.2, 0.25) is 0 Å². The Morgan fingerprint density at radius 1 is 1.14 bits per heavy atom. The van der Waals surface area contributed by atoms with E-state index in [1.54, 1.807) is 17.0 Å². The van der Waals surface area contributed by atoms with Crippen LogP contribution >= 0.6 is 11.9 Å².